The number of hydrogen-bond donors (Lipinski definition) is 2. The molecule has 0 aliphatic heterocycles. The van der Waals surface area contributed by atoms with E-state index in [2.05, 4.69) is 24.5 Å². The Morgan fingerprint density at radius 1 is 0.846 bits per heavy atom. The molecule has 0 aliphatic rings. The molecule has 0 fully saturated rings. The topological polar surface area (TPSA) is 58.2 Å². The van der Waals surface area contributed by atoms with Gasteiger partial charge in [0, 0.05) is 25.1 Å². The molecule has 0 bridgehead atoms. The zero-order chi connectivity index (χ0) is 18.9. The van der Waals surface area contributed by atoms with Crippen molar-refractivity contribution in [3.8, 4) is 0 Å². The molecule has 4 nitrogen and oxygen atoms in total. The molecule has 0 aliphatic carbocycles. The fourth-order valence-corrected chi connectivity index (χ4v) is 2.74. The van der Waals surface area contributed by atoms with Gasteiger partial charge in [0.05, 0.1) is 0 Å². The Morgan fingerprint density at radius 3 is 2.08 bits per heavy atom. The number of benzene rings is 2. The summed E-state index contributed by atoms with van der Waals surface area (Å²) in [6.45, 7) is 6.71. The maximum atomic E-state index is 12.2. The standard InChI is InChI=1S/C22H28N2O2/c1-16(2)19-9-11-20(12-10-19)24-22(26)14-17(3)13-21(25)23-15-18-7-5-4-6-8-18/h4-12,16-17H,13-15H2,1-3H3,(H,23,25)(H,24,26). The van der Waals surface area contributed by atoms with Gasteiger partial charge < -0.3 is 10.6 Å². The molecule has 2 aromatic rings. The van der Waals surface area contributed by atoms with Crippen molar-refractivity contribution in [2.75, 3.05) is 5.32 Å². The average Bonchev–Trinajstić information content (AvgIpc) is 2.61. The van der Waals surface area contributed by atoms with Crippen molar-refractivity contribution >= 4 is 17.5 Å². The first-order valence-corrected chi connectivity index (χ1v) is 9.14. The van der Waals surface area contributed by atoms with E-state index in [0.717, 1.165) is 11.3 Å². The summed E-state index contributed by atoms with van der Waals surface area (Å²) in [5.41, 5.74) is 3.10. The van der Waals surface area contributed by atoms with Gasteiger partial charge in [-0.3, -0.25) is 9.59 Å². The van der Waals surface area contributed by atoms with Crippen LogP contribution in [0.1, 0.15) is 50.7 Å². The second-order valence-corrected chi connectivity index (χ2v) is 7.10. The van der Waals surface area contributed by atoms with E-state index in [0.29, 0.717) is 25.3 Å². The van der Waals surface area contributed by atoms with Crippen molar-refractivity contribution in [2.45, 2.75) is 46.1 Å². The van der Waals surface area contributed by atoms with E-state index in [1.54, 1.807) is 0 Å². The van der Waals surface area contributed by atoms with Gasteiger partial charge >= 0.3 is 0 Å². The largest absolute Gasteiger partial charge is 0.352 e. The monoisotopic (exact) mass is 352 g/mol. The number of hydrogen-bond acceptors (Lipinski definition) is 2. The molecule has 2 aromatic carbocycles. The minimum absolute atomic E-state index is 0.0132. The van der Waals surface area contributed by atoms with Crippen LogP contribution in [0.15, 0.2) is 54.6 Å². The molecule has 0 saturated heterocycles. The van der Waals surface area contributed by atoms with Crippen molar-refractivity contribution in [1.82, 2.24) is 5.32 Å². The summed E-state index contributed by atoms with van der Waals surface area (Å²) in [6.07, 6.45) is 0.664. The number of amides is 2. The number of nitrogens with one attached hydrogen (secondary N) is 2. The van der Waals surface area contributed by atoms with E-state index >= 15 is 0 Å². The maximum absolute atomic E-state index is 12.2. The molecule has 0 aromatic heterocycles. The number of rotatable bonds is 8. The minimum atomic E-state index is -0.0642. The average molecular weight is 352 g/mol. The predicted octanol–water partition coefficient (Wildman–Crippen LogP) is 4.48. The maximum Gasteiger partial charge on any atom is 0.224 e. The fourth-order valence-electron chi connectivity index (χ4n) is 2.74. The Hall–Kier alpha value is -2.62. The zero-order valence-corrected chi connectivity index (χ0v) is 15.8. The van der Waals surface area contributed by atoms with Crippen LogP contribution in [-0.4, -0.2) is 11.8 Å². The summed E-state index contributed by atoms with van der Waals surface area (Å²) in [7, 11) is 0. The van der Waals surface area contributed by atoms with Crippen molar-refractivity contribution < 1.29 is 9.59 Å². The molecule has 26 heavy (non-hydrogen) atoms. The number of carbonyl (C=O) groups excluding carboxylic acids is 2. The normalized spacial score (nSPS) is 11.8. The van der Waals surface area contributed by atoms with Crippen molar-refractivity contribution in [3.05, 3.63) is 65.7 Å². The lowest BCUT2D eigenvalue weighted by atomic mass is 10.0. The first-order valence-electron chi connectivity index (χ1n) is 9.14. The van der Waals surface area contributed by atoms with Crippen LogP contribution in [0.2, 0.25) is 0 Å². The van der Waals surface area contributed by atoms with Crippen molar-refractivity contribution in [3.63, 3.8) is 0 Å². The number of anilines is 1. The van der Waals surface area contributed by atoms with Gasteiger partial charge in [0.1, 0.15) is 0 Å². The van der Waals surface area contributed by atoms with Gasteiger partial charge in [-0.05, 0) is 35.1 Å². The van der Waals surface area contributed by atoms with E-state index in [1.165, 1.54) is 5.56 Å². The van der Waals surface area contributed by atoms with E-state index < -0.39 is 0 Å². The Morgan fingerprint density at radius 2 is 1.46 bits per heavy atom. The molecular weight excluding hydrogens is 324 g/mol. The van der Waals surface area contributed by atoms with Gasteiger partial charge in [0.25, 0.3) is 0 Å². The molecule has 2 N–H and O–H groups in total. The van der Waals surface area contributed by atoms with Gasteiger partial charge in [-0.15, -0.1) is 0 Å². The Bertz CT molecular complexity index is 709. The summed E-state index contributed by atoms with van der Waals surface area (Å²) >= 11 is 0. The highest BCUT2D eigenvalue weighted by Gasteiger charge is 2.13. The fraction of sp³-hybridized carbons (Fsp3) is 0.364. The van der Waals surface area contributed by atoms with Crippen LogP contribution in [0, 0.1) is 5.92 Å². The Kier molecular flexibility index (Phi) is 7.39. The SMILES string of the molecule is CC(CC(=O)NCc1ccccc1)CC(=O)Nc1ccc(C(C)C)cc1. The third-order valence-electron chi connectivity index (χ3n) is 4.26. The lowest BCUT2D eigenvalue weighted by Gasteiger charge is -2.13. The molecule has 0 saturated carbocycles. The van der Waals surface area contributed by atoms with Gasteiger partial charge in [-0.2, -0.15) is 0 Å². The first-order chi connectivity index (χ1) is 12.4. The second-order valence-electron chi connectivity index (χ2n) is 7.10. The molecule has 2 rings (SSSR count). The molecule has 0 spiro atoms. The molecular formula is C22H28N2O2. The molecule has 1 atom stereocenters. The zero-order valence-electron chi connectivity index (χ0n) is 15.8. The van der Waals surface area contributed by atoms with Gasteiger partial charge in [0.2, 0.25) is 11.8 Å². The lowest BCUT2D eigenvalue weighted by Crippen LogP contribution is -2.26. The van der Waals surface area contributed by atoms with Gasteiger partial charge in [0.15, 0.2) is 0 Å². The highest BCUT2D eigenvalue weighted by atomic mass is 16.2. The molecule has 0 radical (unpaired) electrons. The second kappa shape index (κ2) is 9.76. The summed E-state index contributed by atoms with van der Waals surface area (Å²) in [5.74, 6) is 0.357. The Labute approximate surface area is 156 Å². The number of carbonyl (C=O) groups is 2. The third kappa shape index (κ3) is 6.71. The Balaban J connectivity index is 1.73. The van der Waals surface area contributed by atoms with Crippen LogP contribution >= 0.6 is 0 Å². The van der Waals surface area contributed by atoms with Crippen LogP contribution in [0.3, 0.4) is 0 Å². The molecule has 1 unspecified atom stereocenters. The highest BCUT2D eigenvalue weighted by molar-refractivity contribution is 5.91. The van der Waals surface area contributed by atoms with Crippen LogP contribution in [0.4, 0.5) is 5.69 Å². The van der Waals surface area contributed by atoms with Crippen LogP contribution in [0.25, 0.3) is 0 Å². The minimum Gasteiger partial charge on any atom is -0.352 e. The summed E-state index contributed by atoms with van der Waals surface area (Å²) in [5, 5.41) is 5.80. The van der Waals surface area contributed by atoms with E-state index in [9.17, 15) is 9.59 Å². The van der Waals surface area contributed by atoms with Crippen LogP contribution < -0.4 is 10.6 Å². The summed E-state index contributed by atoms with van der Waals surface area (Å²) in [4.78, 5) is 24.2. The smallest absolute Gasteiger partial charge is 0.224 e. The molecule has 138 valence electrons. The molecule has 4 heteroatoms. The lowest BCUT2D eigenvalue weighted by molar-refractivity contribution is -0.122. The van der Waals surface area contributed by atoms with Crippen molar-refractivity contribution in [1.29, 1.82) is 0 Å². The summed E-state index contributed by atoms with van der Waals surface area (Å²) < 4.78 is 0. The molecule has 2 amide bonds. The van der Waals surface area contributed by atoms with E-state index in [1.807, 2.05) is 61.5 Å². The van der Waals surface area contributed by atoms with Crippen LogP contribution in [0.5, 0.6) is 0 Å². The predicted molar refractivity (Wildman–Crippen MR) is 106 cm³/mol. The summed E-state index contributed by atoms with van der Waals surface area (Å²) in [6, 6.07) is 17.7. The molecule has 0 heterocycles. The van der Waals surface area contributed by atoms with Crippen LogP contribution in [-0.2, 0) is 16.1 Å². The highest BCUT2D eigenvalue weighted by Crippen LogP contribution is 2.18. The third-order valence-corrected chi connectivity index (χ3v) is 4.26. The van der Waals surface area contributed by atoms with E-state index in [4.69, 9.17) is 0 Å². The van der Waals surface area contributed by atoms with Crippen molar-refractivity contribution in [2.24, 2.45) is 5.92 Å². The van der Waals surface area contributed by atoms with Gasteiger partial charge in [-0.25, -0.2) is 0 Å². The quantitative estimate of drug-likeness (QED) is 0.736. The van der Waals surface area contributed by atoms with E-state index in [-0.39, 0.29) is 17.7 Å². The first kappa shape index (κ1) is 19.7. The van der Waals surface area contributed by atoms with Gasteiger partial charge in [-0.1, -0.05) is 63.2 Å².